The number of para-hydroxylation sites is 1. The molecule has 7 heteroatoms. The number of hydrogen-bond donors (Lipinski definition) is 1. The highest BCUT2D eigenvalue weighted by atomic mass is 32.2. The average Bonchev–Trinajstić information content (AvgIpc) is 2.47. The Balaban J connectivity index is 2.34. The third kappa shape index (κ3) is 3.45. The van der Waals surface area contributed by atoms with Gasteiger partial charge in [0.05, 0.1) is 4.92 Å². The van der Waals surface area contributed by atoms with Gasteiger partial charge in [-0.2, -0.15) is 0 Å². The van der Waals surface area contributed by atoms with Gasteiger partial charge in [-0.25, -0.2) is 13.1 Å². The summed E-state index contributed by atoms with van der Waals surface area (Å²) in [5, 5.41) is 10.9. The van der Waals surface area contributed by atoms with Crippen LogP contribution in [0, 0.1) is 10.1 Å². The lowest BCUT2D eigenvalue weighted by molar-refractivity contribution is -0.387. The van der Waals surface area contributed by atoms with Gasteiger partial charge >= 0.3 is 0 Å². The van der Waals surface area contributed by atoms with Crippen LogP contribution in [0.3, 0.4) is 0 Å². The molecule has 0 amide bonds. The maximum Gasteiger partial charge on any atom is 0.289 e. The fourth-order valence-electron chi connectivity index (χ4n) is 1.94. The summed E-state index contributed by atoms with van der Waals surface area (Å²) >= 11 is 0. The molecule has 0 heterocycles. The number of nitrogens with zero attached hydrogens (tertiary/aromatic N) is 1. The fourth-order valence-corrected chi connectivity index (χ4v) is 3.35. The van der Waals surface area contributed by atoms with Crippen molar-refractivity contribution < 1.29 is 13.3 Å². The van der Waals surface area contributed by atoms with E-state index in [2.05, 4.69) is 4.72 Å². The topological polar surface area (TPSA) is 89.3 Å². The minimum atomic E-state index is -3.98. The summed E-state index contributed by atoms with van der Waals surface area (Å²) in [4.78, 5) is 9.90. The van der Waals surface area contributed by atoms with Crippen LogP contribution in [0.15, 0.2) is 59.5 Å². The van der Waals surface area contributed by atoms with Gasteiger partial charge in [-0.05, 0) is 18.6 Å². The van der Waals surface area contributed by atoms with E-state index in [1.807, 2.05) is 6.07 Å². The van der Waals surface area contributed by atoms with E-state index in [0.29, 0.717) is 0 Å². The molecule has 0 bridgehead atoms. The molecule has 0 aromatic heterocycles. The van der Waals surface area contributed by atoms with Crippen molar-refractivity contribution in [1.82, 2.24) is 4.72 Å². The maximum atomic E-state index is 12.3. The van der Waals surface area contributed by atoms with E-state index in [9.17, 15) is 18.5 Å². The van der Waals surface area contributed by atoms with Crippen molar-refractivity contribution in [2.75, 3.05) is 0 Å². The lowest BCUT2D eigenvalue weighted by Crippen LogP contribution is -2.27. The molecular formula is C14H14N2O4S. The van der Waals surface area contributed by atoms with Crippen molar-refractivity contribution >= 4 is 15.7 Å². The van der Waals surface area contributed by atoms with Crippen molar-refractivity contribution in [3.8, 4) is 0 Å². The van der Waals surface area contributed by atoms with Gasteiger partial charge in [0.25, 0.3) is 5.69 Å². The van der Waals surface area contributed by atoms with E-state index in [1.165, 1.54) is 24.3 Å². The second kappa shape index (κ2) is 6.02. The molecule has 6 nitrogen and oxygen atoms in total. The van der Waals surface area contributed by atoms with Crippen molar-refractivity contribution in [2.45, 2.75) is 17.9 Å². The van der Waals surface area contributed by atoms with Crippen LogP contribution in [-0.4, -0.2) is 13.3 Å². The predicted molar refractivity (Wildman–Crippen MR) is 78.3 cm³/mol. The first kappa shape index (κ1) is 15.1. The Morgan fingerprint density at radius 3 is 2.24 bits per heavy atom. The van der Waals surface area contributed by atoms with Gasteiger partial charge in [0.1, 0.15) is 0 Å². The molecule has 0 saturated heterocycles. The molecule has 0 fully saturated rings. The molecule has 110 valence electrons. The fraction of sp³-hybridized carbons (Fsp3) is 0.143. The monoisotopic (exact) mass is 306 g/mol. The van der Waals surface area contributed by atoms with Gasteiger partial charge in [-0.15, -0.1) is 0 Å². The van der Waals surface area contributed by atoms with E-state index in [-0.39, 0.29) is 4.90 Å². The SMILES string of the molecule is C[C@H](NS(=O)(=O)c1ccccc1[N+](=O)[O-])c1ccccc1. The number of nitrogens with one attached hydrogen (secondary N) is 1. The van der Waals surface area contributed by atoms with Crippen LogP contribution in [0.1, 0.15) is 18.5 Å². The van der Waals surface area contributed by atoms with Crippen molar-refractivity contribution in [1.29, 1.82) is 0 Å². The number of hydrogen-bond acceptors (Lipinski definition) is 4. The molecular weight excluding hydrogens is 292 g/mol. The highest BCUT2D eigenvalue weighted by Gasteiger charge is 2.26. The van der Waals surface area contributed by atoms with E-state index >= 15 is 0 Å². The summed E-state index contributed by atoms with van der Waals surface area (Å²) in [5.41, 5.74) is 0.338. The maximum absolute atomic E-state index is 12.3. The van der Waals surface area contributed by atoms with Gasteiger partial charge in [-0.3, -0.25) is 10.1 Å². The predicted octanol–water partition coefficient (Wildman–Crippen LogP) is 2.63. The van der Waals surface area contributed by atoms with E-state index in [4.69, 9.17) is 0 Å². The zero-order valence-electron chi connectivity index (χ0n) is 11.3. The first-order valence-electron chi connectivity index (χ1n) is 6.22. The number of rotatable bonds is 5. The minimum absolute atomic E-state index is 0.335. The average molecular weight is 306 g/mol. The highest BCUT2D eigenvalue weighted by molar-refractivity contribution is 7.89. The second-order valence-corrected chi connectivity index (χ2v) is 6.16. The van der Waals surface area contributed by atoms with Crippen LogP contribution in [0.25, 0.3) is 0 Å². The summed E-state index contributed by atoms with van der Waals surface area (Å²) in [6, 6.07) is 13.8. The van der Waals surface area contributed by atoms with Gasteiger partial charge < -0.3 is 0 Å². The van der Waals surface area contributed by atoms with E-state index < -0.39 is 26.7 Å². The Hall–Kier alpha value is -2.25. The molecule has 2 aromatic rings. The largest absolute Gasteiger partial charge is 0.289 e. The molecule has 0 aliphatic heterocycles. The summed E-state index contributed by atoms with van der Waals surface area (Å²) in [7, 11) is -3.98. The minimum Gasteiger partial charge on any atom is -0.258 e. The summed E-state index contributed by atoms with van der Waals surface area (Å²) in [6.45, 7) is 1.68. The number of nitro groups is 1. The van der Waals surface area contributed by atoms with Crippen molar-refractivity contribution in [3.05, 3.63) is 70.3 Å². The van der Waals surface area contributed by atoms with Gasteiger partial charge in [0.2, 0.25) is 10.0 Å². The highest BCUT2D eigenvalue weighted by Crippen LogP contribution is 2.24. The van der Waals surface area contributed by atoms with E-state index in [1.54, 1.807) is 31.2 Å². The Kier molecular flexibility index (Phi) is 4.35. The van der Waals surface area contributed by atoms with Crippen LogP contribution >= 0.6 is 0 Å². The molecule has 1 atom stereocenters. The van der Waals surface area contributed by atoms with Crippen LogP contribution in [0.5, 0.6) is 0 Å². The normalized spacial score (nSPS) is 12.8. The molecule has 1 N–H and O–H groups in total. The molecule has 0 spiro atoms. The molecule has 2 aromatic carbocycles. The first-order chi connectivity index (χ1) is 9.92. The number of benzene rings is 2. The molecule has 0 aliphatic carbocycles. The van der Waals surface area contributed by atoms with Gasteiger partial charge in [-0.1, -0.05) is 42.5 Å². The Morgan fingerprint density at radius 1 is 1.05 bits per heavy atom. The lowest BCUT2D eigenvalue weighted by atomic mass is 10.1. The van der Waals surface area contributed by atoms with Crippen LogP contribution in [0.2, 0.25) is 0 Å². The Morgan fingerprint density at radius 2 is 1.62 bits per heavy atom. The number of sulfonamides is 1. The smallest absolute Gasteiger partial charge is 0.258 e. The van der Waals surface area contributed by atoms with Crippen LogP contribution in [-0.2, 0) is 10.0 Å². The van der Waals surface area contributed by atoms with E-state index in [0.717, 1.165) is 5.56 Å². The van der Waals surface area contributed by atoms with Gasteiger partial charge in [0, 0.05) is 12.1 Å². The lowest BCUT2D eigenvalue weighted by Gasteiger charge is -2.14. The molecule has 0 unspecified atom stereocenters. The Labute approximate surface area is 122 Å². The first-order valence-corrected chi connectivity index (χ1v) is 7.71. The van der Waals surface area contributed by atoms with Crippen molar-refractivity contribution in [3.63, 3.8) is 0 Å². The Bertz CT molecular complexity index is 745. The van der Waals surface area contributed by atoms with Gasteiger partial charge in [0.15, 0.2) is 4.90 Å². The molecule has 0 aliphatic rings. The zero-order chi connectivity index (χ0) is 15.5. The molecule has 0 saturated carbocycles. The van der Waals surface area contributed by atoms with Crippen molar-refractivity contribution in [2.24, 2.45) is 0 Å². The van der Waals surface area contributed by atoms with Crippen LogP contribution < -0.4 is 4.72 Å². The summed E-state index contributed by atoms with van der Waals surface area (Å²) in [6.07, 6.45) is 0. The third-order valence-corrected chi connectivity index (χ3v) is 4.57. The molecule has 21 heavy (non-hydrogen) atoms. The number of nitro benzene ring substituents is 1. The second-order valence-electron chi connectivity index (χ2n) is 4.48. The molecule has 2 rings (SSSR count). The summed E-state index contributed by atoms with van der Waals surface area (Å²) in [5.74, 6) is 0. The third-order valence-electron chi connectivity index (χ3n) is 2.98. The standard InChI is InChI=1S/C14H14N2O4S/c1-11(12-7-3-2-4-8-12)15-21(19,20)14-10-6-5-9-13(14)16(17)18/h2-11,15H,1H3/t11-/m0/s1. The quantitative estimate of drug-likeness (QED) is 0.679. The zero-order valence-corrected chi connectivity index (χ0v) is 12.1. The summed E-state index contributed by atoms with van der Waals surface area (Å²) < 4.78 is 27.1. The molecule has 0 radical (unpaired) electrons. The van der Waals surface area contributed by atoms with Crippen LogP contribution in [0.4, 0.5) is 5.69 Å².